The summed E-state index contributed by atoms with van der Waals surface area (Å²) in [6, 6.07) is 18.1. The van der Waals surface area contributed by atoms with Crippen molar-refractivity contribution in [3.8, 4) is 11.3 Å². The van der Waals surface area contributed by atoms with Crippen LogP contribution < -0.4 is 0 Å². The number of carboxylic acid groups (broad SMARTS) is 1. The molecule has 0 atom stereocenters. The lowest BCUT2D eigenvalue weighted by Gasteiger charge is -1.95. The minimum Gasteiger partial charge on any atom is -0.477 e. The molecule has 0 spiro atoms. The van der Waals surface area contributed by atoms with Crippen LogP contribution in [0.3, 0.4) is 0 Å². The van der Waals surface area contributed by atoms with Gasteiger partial charge in [0.15, 0.2) is 0 Å². The normalized spacial score (nSPS) is 8.46. The molecule has 1 heterocycles. The van der Waals surface area contributed by atoms with E-state index in [1.54, 1.807) is 24.3 Å². The van der Waals surface area contributed by atoms with Gasteiger partial charge in [-0.05, 0) is 0 Å². The van der Waals surface area contributed by atoms with Gasteiger partial charge in [0.25, 0.3) is 0 Å². The molecule has 0 amide bonds. The highest BCUT2D eigenvalue weighted by Crippen LogP contribution is 2.21. The number of carboxylic acids is 1. The summed E-state index contributed by atoms with van der Waals surface area (Å²) in [6.45, 7) is 8.00. The Morgan fingerprint density at radius 3 is 1.85 bits per heavy atom. The van der Waals surface area contributed by atoms with Crippen molar-refractivity contribution in [1.82, 2.24) is 5.16 Å². The molecule has 0 bridgehead atoms. The largest absolute Gasteiger partial charge is 0.477 e. The summed E-state index contributed by atoms with van der Waals surface area (Å²) in [5.41, 5.74) is 1.90. The van der Waals surface area contributed by atoms with Crippen LogP contribution in [-0.2, 0) is 0 Å². The number of carbonyl (C=O) groups excluding carboxylic acids is 1. The van der Waals surface area contributed by atoms with Crippen LogP contribution in [0.15, 0.2) is 71.4 Å². The summed E-state index contributed by atoms with van der Waals surface area (Å²) < 4.78 is 4.63. The third kappa shape index (κ3) is 7.57. The van der Waals surface area contributed by atoms with E-state index in [0.29, 0.717) is 5.69 Å². The molecule has 3 rings (SSSR count). The van der Waals surface area contributed by atoms with Crippen molar-refractivity contribution in [2.45, 2.75) is 27.7 Å². The summed E-state index contributed by atoms with van der Waals surface area (Å²) in [6.07, 6.45) is 1.96. The first-order valence-electron chi connectivity index (χ1n) is 8.45. The van der Waals surface area contributed by atoms with E-state index in [4.69, 9.17) is 5.11 Å². The number of nitrogens with zero attached hydrogens (tertiary/aromatic N) is 1. The Labute approximate surface area is 154 Å². The van der Waals surface area contributed by atoms with Crippen molar-refractivity contribution in [3.63, 3.8) is 0 Å². The molecule has 1 N–H and O–H groups in total. The van der Waals surface area contributed by atoms with Crippen LogP contribution in [0.2, 0.25) is 0 Å². The van der Waals surface area contributed by atoms with E-state index in [0.717, 1.165) is 23.7 Å². The molecule has 5 nitrogen and oxygen atoms in total. The fourth-order valence-electron chi connectivity index (χ4n) is 1.72. The zero-order chi connectivity index (χ0) is 19.8. The second-order valence-electron chi connectivity index (χ2n) is 4.28. The lowest BCUT2D eigenvalue weighted by molar-refractivity contribution is 0.0696. The second-order valence-corrected chi connectivity index (χ2v) is 4.28. The van der Waals surface area contributed by atoms with Crippen LogP contribution in [0, 0.1) is 0 Å². The zero-order valence-corrected chi connectivity index (χ0v) is 15.5. The molecule has 3 aromatic rings. The minimum absolute atomic E-state index is 0.0798. The van der Waals surface area contributed by atoms with Crippen molar-refractivity contribution in [2.24, 2.45) is 0 Å². The van der Waals surface area contributed by atoms with Gasteiger partial charge in [0.1, 0.15) is 23.8 Å². The van der Waals surface area contributed by atoms with Crippen molar-refractivity contribution in [1.29, 1.82) is 0 Å². The van der Waals surface area contributed by atoms with Gasteiger partial charge < -0.3 is 9.63 Å². The number of hydrogen-bond acceptors (Lipinski definition) is 4. The number of hydrogen-bond donors (Lipinski definition) is 1. The smallest absolute Gasteiger partial charge is 0.341 e. The minimum atomic E-state index is -1.04. The predicted molar refractivity (Wildman–Crippen MR) is 103 cm³/mol. The van der Waals surface area contributed by atoms with E-state index in [-0.39, 0.29) is 5.56 Å². The molecule has 0 radical (unpaired) electrons. The number of rotatable bonds is 3. The molecule has 0 saturated heterocycles. The molecule has 26 heavy (non-hydrogen) atoms. The monoisotopic (exact) mass is 355 g/mol. The molecule has 0 saturated carbocycles. The first kappa shape index (κ1) is 22.8. The molecule has 0 fully saturated rings. The Kier molecular flexibility index (Phi) is 12.4. The number of benzene rings is 2. The van der Waals surface area contributed by atoms with E-state index in [9.17, 15) is 9.59 Å². The molecule has 2 aromatic carbocycles. The molecular weight excluding hydrogens is 330 g/mol. The zero-order valence-electron chi connectivity index (χ0n) is 15.5. The number of aldehydes is 1. The lowest BCUT2D eigenvalue weighted by atomic mass is 10.1. The van der Waals surface area contributed by atoms with Crippen LogP contribution in [0.1, 0.15) is 48.4 Å². The van der Waals surface area contributed by atoms with Gasteiger partial charge in [0.2, 0.25) is 0 Å². The topological polar surface area (TPSA) is 80.4 Å². The summed E-state index contributed by atoms with van der Waals surface area (Å²) in [7, 11) is 0. The van der Waals surface area contributed by atoms with Gasteiger partial charge in [-0.1, -0.05) is 93.5 Å². The first-order valence-corrected chi connectivity index (χ1v) is 8.45. The fourth-order valence-corrected chi connectivity index (χ4v) is 1.72. The third-order valence-electron chi connectivity index (χ3n) is 2.78. The van der Waals surface area contributed by atoms with Gasteiger partial charge in [-0.3, -0.25) is 4.79 Å². The summed E-state index contributed by atoms with van der Waals surface area (Å²) in [4.78, 5) is 20.8. The average Bonchev–Trinajstić information content (AvgIpc) is 3.23. The maximum atomic E-state index is 10.8. The Bertz CT molecular complexity index is 737. The number of aromatic nitrogens is 1. The molecule has 5 heteroatoms. The van der Waals surface area contributed by atoms with Crippen molar-refractivity contribution < 1.29 is 19.2 Å². The maximum absolute atomic E-state index is 10.8. The number of aromatic carboxylic acids is 1. The Morgan fingerprint density at radius 2 is 1.42 bits per heavy atom. The first-order chi connectivity index (χ1) is 12.7. The molecule has 0 aliphatic carbocycles. The Hall–Kier alpha value is -3.21. The van der Waals surface area contributed by atoms with Crippen LogP contribution in [0.25, 0.3) is 11.3 Å². The van der Waals surface area contributed by atoms with Gasteiger partial charge in [-0.25, -0.2) is 4.79 Å². The standard InChI is InChI=1S/C10H7NO3.C7H6O.2C2H6/c12-10(13)8-6-14-11-9(8)7-4-2-1-3-5-7;8-6-7-4-2-1-3-5-7;2*1-2/h1-6H,(H,12,13);1-6H;2*1-2H3. The van der Waals surface area contributed by atoms with Crippen molar-refractivity contribution in [2.75, 3.05) is 0 Å². The van der Waals surface area contributed by atoms with Crippen LogP contribution in [0.5, 0.6) is 0 Å². The lowest BCUT2D eigenvalue weighted by Crippen LogP contribution is -1.96. The second kappa shape index (κ2) is 14.2. The van der Waals surface area contributed by atoms with Crippen LogP contribution in [0.4, 0.5) is 0 Å². The van der Waals surface area contributed by atoms with Crippen LogP contribution in [-0.4, -0.2) is 22.5 Å². The fraction of sp³-hybridized carbons (Fsp3) is 0.190. The van der Waals surface area contributed by atoms with Gasteiger partial charge in [-0.15, -0.1) is 0 Å². The Balaban J connectivity index is 0.000000444. The highest BCUT2D eigenvalue weighted by atomic mass is 16.5. The maximum Gasteiger partial charge on any atom is 0.341 e. The number of carbonyl (C=O) groups is 2. The molecule has 138 valence electrons. The molecule has 0 aliphatic rings. The van der Waals surface area contributed by atoms with Gasteiger partial charge in [-0.2, -0.15) is 0 Å². The predicted octanol–water partition coefficient (Wildman–Crippen LogP) is 5.59. The quantitative estimate of drug-likeness (QED) is 0.619. The Morgan fingerprint density at radius 1 is 0.923 bits per heavy atom. The van der Waals surface area contributed by atoms with Gasteiger partial charge in [0, 0.05) is 11.1 Å². The van der Waals surface area contributed by atoms with Gasteiger partial charge >= 0.3 is 5.97 Å². The average molecular weight is 355 g/mol. The SMILES string of the molecule is CC.CC.O=C(O)c1conc1-c1ccccc1.O=Cc1ccccc1. The molecule has 0 unspecified atom stereocenters. The highest BCUT2D eigenvalue weighted by Gasteiger charge is 2.15. The van der Waals surface area contributed by atoms with E-state index in [2.05, 4.69) is 9.68 Å². The summed E-state index contributed by atoms with van der Waals surface area (Å²) >= 11 is 0. The van der Waals surface area contributed by atoms with Crippen LogP contribution >= 0.6 is 0 Å². The highest BCUT2D eigenvalue weighted by molar-refractivity contribution is 5.94. The van der Waals surface area contributed by atoms with E-state index < -0.39 is 5.97 Å². The summed E-state index contributed by atoms with van der Waals surface area (Å²) in [5.74, 6) is -1.04. The van der Waals surface area contributed by atoms with E-state index in [1.807, 2.05) is 64.1 Å². The molecule has 0 aliphatic heterocycles. The van der Waals surface area contributed by atoms with Gasteiger partial charge in [0.05, 0.1) is 0 Å². The van der Waals surface area contributed by atoms with Crippen molar-refractivity contribution >= 4 is 12.3 Å². The third-order valence-corrected chi connectivity index (χ3v) is 2.78. The molecule has 1 aromatic heterocycles. The molecular formula is C21H25NO4. The van der Waals surface area contributed by atoms with Crippen molar-refractivity contribution in [3.05, 3.63) is 78.1 Å². The summed E-state index contributed by atoms with van der Waals surface area (Å²) in [5, 5.41) is 12.5. The van der Waals surface area contributed by atoms with E-state index in [1.165, 1.54) is 0 Å². The van der Waals surface area contributed by atoms with E-state index >= 15 is 0 Å².